The van der Waals surface area contributed by atoms with E-state index in [1.165, 1.54) is 19.3 Å². The molecule has 0 bridgehead atoms. The molecule has 140 valence electrons. The van der Waals surface area contributed by atoms with E-state index in [4.69, 9.17) is 4.98 Å². The topological polar surface area (TPSA) is 68.0 Å². The second-order valence-electron chi connectivity index (χ2n) is 7.52. The molecule has 5 rings (SSSR count). The third-order valence-electron chi connectivity index (χ3n) is 5.74. The molecule has 1 aliphatic carbocycles. The van der Waals surface area contributed by atoms with Crippen molar-refractivity contribution in [3.8, 4) is 11.5 Å². The lowest BCUT2D eigenvalue weighted by atomic mass is 9.95. The number of carbonyl (C=O) groups is 1. The lowest BCUT2D eigenvalue weighted by Gasteiger charge is -2.25. The van der Waals surface area contributed by atoms with E-state index in [0.29, 0.717) is 6.04 Å². The van der Waals surface area contributed by atoms with Crippen molar-refractivity contribution in [1.29, 1.82) is 0 Å². The number of carboxylic acids is 1. The van der Waals surface area contributed by atoms with Gasteiger partial charge in [-0.2, -0.15) is 0 Å². The first kappa shape index (κ1) is 16.9. The summed E-state index contributed by atoms with van der Waals surface area (Å²) < 4.78 is 2.29. The minimum atomic E-state index is -0.931. The molecule has 0 spiro atoms. The van der Waals surface area contributed by atoms with Crippen LogP contribution in [0.25, 0.3) is 33.3 Å². The Bertz CT molecular complexity index is 1190. The number of pyridine rings is 1. The summed E-state index contributed by atoms with van der Waals surface area (Å²) in [7, 11) is 0. The maximum Gasteiger partial charge on any atom is 0.335 e. The summed E-state index contributed by atoms with van der Waals surface area (Å²) in [6.07, 6.45) is 7.82. The molecule has 5 nitrogen and oxygen atoms in total. The Labute approximate surface area is 162 Å². The summed E-state index contributed by atoms with van der Waals surface area (Å²) in [5.41, 5.74) is 2.80. The van der Waals surface area contributed by atoms with E-state index in [2.05, 4.69) is 27.8 Å². The molecule has 2 aromatic heterocycles. The Morgan fingerprint density at radius 3 is 2.57 bits per heavy atom. The number of hydrogen-bond donors (Lipinski definition) is 1. The Morgan fingerprint density at radius 2 is 1.79 bits per heavy atom. The summed E-state index contributed by atoms with van der Waals surface area (Å²) in [5.74, 6) is -0.102. The number of aromatic nitrogens is 3. The van der Waals surface area contributed by atoms with Crippen LogP contribution in [0, 0.1) is 0 Å². The van der Waals surface area contributed by atoms with Gasteiger partial charge in [0.2, 0.25) is 0 Å². The first-order chi connectivity index (χ1) is 13.7. The van der Waals surface area contributed by atoms with Gasteiger partial charge < -0.3 is 9.67 Å². The van der Waals surface area contributed by atoms with Gasteiger partial charge in [0.15, 0.2) is 5.82 Å². The zero-order chi connectivity index (χ0) is 19.1. The first-order valence-electron chi connectivity index (χ1n) is 9.81. The van der Waals surface area contributed by atoms with Crippen LogP contribution in [-0.2, 0) is 0 Å². The first-order valence-corrected chi connectivity index (χ1v) is 9.81. The number of aromatic carboxylic acids is 1. The van der Waals surface area contributed by atoms with E-state index in [9.17, 15) is 9.90 Å². The molecule has 2 aromatic carbocycles. The lowest BCUT2D eigenvalue weighted by molar-refractivity contribution is 0.0697. The highest BCUT2D eigenvalue weighted by molar-refractivity contribution is 5.93. The monoisotopic (exact) mass is 371 g/mol. The Morgan fingerprint density at radius 1 is 1.00 bits per heavy atom. The highest BCUT2D eigenvalue weighted by atomic mass is 16.4. The Balaban J connectivity index is 1.73. The van der Waals surface area contributed by atoms with Gasteiger partial charge in [0.25, 0.3) is 0 Å². The average molecular weight is 371 g/mol. The predicted molar refractivity (Wildman–Crippen MR) is 110 cm³/mol. The van der Waals surface area contributed by atoms with Gasteiger partial charge >= 0.3 is 5.97 Å². The van der Waals surface area contributed by atoms with Crippen molar-refractivity contribution < 1.29 is 9.90 Å². The minimum Gasteiger partial charge on any atom is -0.478 e. The number of benzene rings is 2. The number of hydrogen-bond acceptors (Lipinski definition) is 3. The van der Waals surface area contributed by atoms with Gasteiger partial charge in [-0.05, 0) is 42.5 Å². The maximum atomic E-state index is 11.4. The van der Waals surface area contributed by atoms with Crippen LogP contribution in [0.1, 0.15) is 48.5 Å². The van der Waals surface area contributed by atoms with E-state index in [-0.39, 0.29) is 5.56 Å². The van der Waals surface area contributed by atoms with Crippen LogP contribution >= 0.6 is 0 Å². The van der Waals surface area contributed by atoms with E-state index in [0.717, 1.165) is 46.2 Å². The lowest BCUT2D eigenvalue weighted by Crippen LogP contribution is -2.14. The standard InChI is InChI=1S/C23H21N3O2/c27-23(28)16-10-11-21-19(13-16)25-22(26(21)18-8-2-1-3-9-18)20-12-15-6-4-5-7-17(15)14-24-20/h4-7,10-14,18H,1-3,8-9H2,(H,27,28). The van der Waals surface area contributed by atoms with E-state index < -0.39 is 5.97 Å². The average Bonchev–Trinajstić information content (AvgIpc) is 3.12. The fraction of sp³-hybridized carbons (Fsp3) is 0.261. The van der Waals surface area contributed by atoms with Crippen LogP contribution in [0.2, 0.25) is 0 Å². The summed E-state index contributed by atoms with van der Waals surface area (Å²) in [5, 5.41) is 11.6. The zero-order valence-corrected chi connectivity index (χ0v) is 15.5. The van der Waals surface area contributed by atoms with Crippen molar-refractivity contribution in [2.24, 2.45) is 0 Å². The van der Waals surface area contributed by atoms with Crippen LogP contribution in [0.5, 0.6) is 0 Å². The highest BCUT2D eigenvalue weighted by Gasteiger charge is 2.23. The Hall–Kier alpha value is -3.21. The van der Waals surface area contributed by atoms with Crippen molar-refractivity contribution in [2.45, 2.75) is 38.1 Å². The molecule has 1 aliphatic rings. The zero-order valence-electron chi connectivity index (χ0n) is 15.5. The van der Waals surface area contributed by atoms with E-state index in [1.807, 2.05) is 24.4 Å². The number of rotatable bonds is 3. The molecule has 0 radical (unpaired) electrons. The molecule has 1 fully saturated rings. The highest BCUT2D eigenvalue weighted by Crippen LogP contribution is 2.36. The van der Waals surface area contributed by atoms with Crippen LogP contribution in [0.15, 0.2) is 54.7 Å². The normalized spacial score (nSPS) is 15.3. The summed E-state index contributed by atoms with van der Waals surface area (Å²) in [6.45, 7) is 0. The second kappa shape index (κ2) is 6.75. The second-order valence-corrected chi connectivity index (χ2v) is 7.52. The molecule has 4 aromatic rings. The molecule has 0 atom stereocenters. The molecule has 0 amide bonds. The summed E-state index contributed by atoms with van der Waals surface area (Å²) in [6, 6.07) is 15.8. The minimum absolute atomic E-state index is 0.263. The van der Waals surface area contributed by atoms with Crippen molar-refractivity contribution >= 4 is 27.8 Å². The van der Waals surface area contributed by atoms with Crippen LogP contribution in [0.4, 0.5) is 0 Å². The van der Waals surface area contributed by atoms with Gasteiger partial charge in [-0.25, -0.2) is 9.78 Å². The fourth-order valence-corrected chi connectivity index (χ4v) is 4.33. The molecule has 0 aliphatic heterocycles. The predicted octanol–water partition coefficient (Wildman–Crippen LogP) is 5.45. The van der Waals surface area contributed by atoms with E-state index in [1.54, 1.807) is 12.1 Å². The largest absolute Gasteiger partial charge is 0.478 e. The SMILES string of the molecule is O=C(O)c1ccc2c(c1)nc(-c1cc3ccccc3cn1)n2C1CCCCC1. The number of nitrogens with zero attached hydrogens (tertiary/aromatic N) is 3. The number of carboxylic acid groups (broad SMARTS) is 1. The third-order valence-corrected chi connectivity index (χ3v) is 5.74. The van der Waals surface area contributed by atoms with E-state index >= 15 is 0 Å². The van der Waals surface area contributed by atoms with Gasteiger partial charge in [0.05, 0.1) is 16.6 Å². The molecule has 0 unspecified atom stereocenters. The molecule has 1 saturated carbocycles. The molecule has 0 saturated heterocycles. The van der Waals surface area contributed by atoms with Gasteiger partial charge in [-0.15, -0.1) is 0 Å². The molecule has 2 heterocycles. The fourth-order valence-electron chi connectivity index (χ4n) is 4.33. The van der Waals surface area contributed by atoms with Crippen LogP contribution < -0.4 is 0 Å². The van der Waals surface area contributed by atoms with Gasteiger partial charge in [-0.1, -0.05) is 43.5 Å². The van der Waals surface area contributed by atoms with Crippen LogP contribution in [-0.4, -0.2) is 25.6 Å². The smallest absolute Gasteiger partial charge is 0.335 e. The Kier molecular flexibility index (Phi) is 4.08. The van der Waals surface area contributed by atoms with Gasteiger partial charge in [0, 0.05) is 17.6 Å². The number of imidazole rings is 1. The molecule has 5 heteroatoms. The van der Waals surface area contributed by atoms with Gasteiger partial charge in [0.1, 0.15) is 5.69 Å². The number of fused-ring (bicyclic) bond motifs is 2. The molecular weight excluding hydrogens is 350 g/mol. The van der Waals surface area contributed by atoms with Crippen LogP contribution in [0.3, 0.4) is 0 Å². The van der Waals surface area contributed by atoms with Gasteiger partial charge in [-0.3, -0.25) is 4.98 Å². The molecule has 28 heavy (non-hydrogen) atoms. The van der Waals surface area contributed by atoms with Crippen molar-refractivity contribution in [1.82, 2.24) is 14.5 Å². The maximum absolute atomic E-state index is 11.4. The third kappa shape index (κ3) is 2.83. The quantitative estimate of drug-likeness (QED) is 0.519. The van der Waals surface area contributed by atoms with Crippen molar-refractivity contribution in [3.63, 3.8) is 0 Å². The molecule has 1 N–H and O–H groups in total. The van der Waals surface area contributed by atoms with Crippen molar-refractivity contribution in [3.05, 3.63) is 60.3 Å². The van der Waals surface area contributed by atoms with Crippen molar-refractivity contribution in [2.75, 3.05) is 0 Å². The summed E-state index contributed by atoms with van der Waals surface area (Å²) in [4.78, 5) is 20.9. The summed E-state index contributed by atoms with van der Waals surface area (Å²) >= 11 is 0. The molecular formula is C23H21N3O2.